The fraction of sp³-hybridized carbons (Fsp3) is 0.0667. The van der Waals surface area contributed by atoms with Crippen LogP contribution in [0.5, 0.6) is 0 Å². The minimum atomic E-state index is -0.0907. The van der Waals surface area contributed by atoms with E-state index in [0.29, 0.717) is 0 Å². The Hall–Kier alpha value is -5.98. The lowest BCUT2D eigenvalue weighted by Crippen LogP contribution is -2.54. The maximum atomic E-state index is 3.86. The zero-order valence-corrected chi connectivity index (χ0v) is 27.4. The summed E-state index contributed by atoms with van der Waals surface area (Å²) in [6.45, 7) is 0. The monoisotopic (exact) mass is 645 g/mol. The molecule has 5 nitrogen and oxygen atoms in total. The van der Waals surface area contributed by atoms with Crippen molar-refractivity contribution in [3.63, 3.8) is 0 Å². The van der Waals surface area contributed by atoms with Gasteiger partial charge in [0.05, 0.1) is 40.6 Å². The number of hydrogen-bond donors (Lipinski definition) is 3. The van der Waals surface area contributed by atoms with Crippen molar-refractivity contribution in [2.75, 3.05) is 0 Å². The molecule has 0 radical (unpaired) electrons. The zero-order valence-electron chi connectivity index (χ0n) is 27.4. The molecule has 0 aliphatic carbocycles. The normalized spacial score (nSPS) is 18.0. The summed E-state index contributed by atoms with van der Waals surface area (Å²) in [6.07, 6.45) is -0.150. The van der Waals surface area contributed by atoms with E-state index in [1.807, 2.05) is 0 Å². The third-order valence-corrected chi connectivity index (χ3v) is 10.2. The lowest BCUT2D eigenvalue weighted by Gasteiger charge is -2.39. The van der Waals surface area contributed by atoms with Crippen LogP contribution in [0.15, 0.2) is 176 Å². The first-order chi connectivity index (χ1) is 24.8. The van der Waals surface area contributed by atoms with Crippen molar-refractivity contribution in [3.05, 3.63) is 193 Å². The highest BCUT2D eigenvalue weighted by Crippen LogP contribution is 2.40. The summed E-state index contributed by atoms with van der Waals surface area (Å²) in [7, 11) is 0. The number of aromatic nitrogens is 2. The van der Waals surface area contributed by atoms with Crippen LogP contribution in [0, 0.1) is 0 Å². The molecule has 1 aliphatic heterocycles. The molecule has 5 heteroatoms. The molecule has 1 saturated heterocycles. The van der Waals surface area contributed by atoms with Gasteiger partial charge in [0.15, 0.2) is 0 Å². The van der Waals surface area contributed by atoms with Gasteiger partial charge in [-0.1, -0.05) is 127 Å². The van der Waals surface area contributed by atoms with E-state index in [9.17, 15) is 0 Å². The van der Waals surface area contributed by atoms with Crippen LogP contribution in [-0.2, 0) is 0 Å². The van der Waals surface area contributed by atoms with E-state index in [1.54, 1.807) is 0 Å². The maximum absolute atomic E-state index is 3.86. The average Bonchev–Trinajstić information content (AvgIpc) is 3.70. The molecule has 0 bridgehead atoms. The van der Waals surface area contributed by atoms with Crippen LogP contribution < -0.4 is 16.0 Å². The number of benzene rings is 7. The minimum Gasteiger partial charge on any atom is -0.309 e. The molecule has 240 valence electrons. The van der Waals surface area contributed by atoms with Crippen LogP contribution in [0.4, 0.5) is 0 Å². The van der Waals surface area contributed by atoms with Crippen LogP contribution in [-0.4, -0.2) is 9.13 Å². The van der Waals surface area contributed by atoms with Crippen molar-refractivity contribution < 1.29 is 0 Å². The summed E-state index contributed by atoms with van der Waals surface area (Å²) in [5.74, 6) is 0. The highest BCUT2D eigenvalue weighted by molar-refractivity contribution is 6.19. The topological polar surface area (TPSA) is 46.0 Å². The van der Waals surface area contributed by atoms with Gasteiger partial charge in [-0.3, -0.25) is 16.0 Å². The van der Waals surface area contributed by atoms with Crippen molar-refractivity contribution in [1.82, 2.24) is 25.1 Å². The number of fused-ring (bicyclic) bond motifs is 6. The zero-order chi connectivity index (χ0) is 33.0. The molecule has 2 atom stereocenters. The summed E-state index contributed by atoms with van der Waals surface area (Å²) < 4.78 is 4.84. The van der Waals surface area contributed by atoms with Crippen LogP contribution in [0.2, 0.25) is 0 Å². The van der Waals surface area contributed by atoms with E-state index in [0.717, 1.165) is 11.4 Å². The number of para-hydroxylation sites is 3. The first kappa shape index (κ1) is 29.0. The first-order valence-electron chi connectivity index (χ1n) is 17.3. The highest BCUT2D eigenvalue weighted by atomic mass is 15.4. The molecule has 3 N–H and O–H groups in total. The Balaban J connectivity index is 1.15. The Morgan fingerprint density at radius 2 is 0.720 bits per heavy atom. The molecular weight excluding hydrogens is 611 g/mol. The van der Waals surface area contributed by atoms with Gasteiger partial charge in [0.2, 0.25) is 0 Å². The van der Waals surface area contributed by atoms with E-state index >= 15 is 0 Å². The number of rotatable bonds is 5. The molecule has 50 heavy (non-hydrogen) atoms. The molecule has 0 spiro atoms. The Kier molecular flexibility index (Phi) is 6.88. The summed E-state index contributed by atoms with van der Waals surface area (Å²) in [5.41, 5.74) is 10.7. The van der Waals surface area contributed by atoms with Crippen LogP contribution in [0.25, 0.3) is 55.0 Å². The lowest BCUT2D eigenvalue weighted by atomic mass is 10.0. The van der Waals surface area contributed by atoms with Crippen molar-refractivity contribution in [2.45, 2.75) is 18.5 Å². The van der Waals surface area contributed by atoms with Gasteiger partial charge in [0.1, 0.15) is 0 Å². The summed E-state index contributed by atoms with van der Waals surface area (Å²) in [5, 5.41) is 16.5. The highest BCUT2D eigenvalue weighted by Gasteiger charge is 2.30. The number of nitrogens with zero attached hydrogens (tertiary/aromatic N) is 2. The molecule has 2 aromatic heterocycles. The molecule has 1 fully saturated rings. The van der Waals surface area contributed by atoms with Gasteiger partial charge in [-0.15, -0.1) is 0 Å². The van der Waals surface area contributed by atoms with E-state index in [4.69, 9.17) is 0 Å². The fourth-order valence-electron chi connectivity index (χ4n) is 7.92. The molecule has 2 unspecified atom stereocenters. The van der Waals surface area contributed by atoms with Gasteiger partial charge in [-0.25, -0.2) is 0 Å². The molecule has 9 aromatic rings. The van der Waals surface area contributed by atoms with Crippen molar-refractivity contribution in [1.29, 1.82) is 0 Å². The second-order valence-corrected chi connectivity index (χ2v) is 13.1. The standard InChI is InChI=1S/C45H35N5/c1-4-15-30(16-5-1)43-46-44(31-17-6-2-7-18-31)48-45(47-43)32-19-14-22-34(27-32)50-40-26-13-11-24-36(40)38-28-37-35-23-10-12-25-39(35)49(41(37)29-42(38)50)33-20-8-3-9-21-33/h1-29,43-48H. The first-order valence-corrected chi connectivity index (χ1v) is 17.3. The van der Waals surface area contributed by atoms with E-state index < -0.39 is 0 Å². The fourth-order valence-corrected chi connectivity index (χ4v) is 7.92. The third-order valence-electron chi connectivity index (χ3n) is 10.2. The molecule has 3 heterocycles. The van der Waals surface area contributed by atoms with Crippen molar-refractivity contribution in [3.8, 4) is 11.4 Å². The predicted molar refractivity (Wildman–Crippen MR) is 206 cm³/mol. The Morgan fingerprint density at radius 1 is 0.300 bits per heavy atom. The summed E-state index contributed by atoms with van der Waals surface area (Å²) in [4.78, 5) is 0. The Morgan fingerprint density at radius 3 is 1.28 bits per heavy atom. The van der Waals surface area contributed by atoms with Gasteiger partial charge in [0.25, 0.3) is 0 Å². The predicted octanol–water partition coefficient (Wildman–Crippen LogP) is 10.1. The summed E-state index contributed by atoms with van der Waals surface area (Å²) >= 11 is 0. The third kappa shape index (κ3) is 4.75. The van der Waals surface area contributed by atoms with Gasteiger partial charge in [-0.2, -0.15) is 0 Å². The summed E-state index contributed by atoms with van der Waals surface area (Å²) in [6, 6.07) is 63.3. The van der Waals surface area contributed by atoms with E-state index in [1.165, 1.54) is 60.3 Å². The molecular formula is C45H35N5. The quantitative estimate of drug-likeness (QED) is 0.175. The van der Waals surface area contributed by atoms with Gasteiger partial charge < -0.3 is 9.13 Å². The SMILES string of the molecule is c1ccc(C2NC(c3ccccc3)NC(c3cccc(-n4c5ccccc5c5cc6c7ccccc7n(-c7ccccc7)c6cc54)c3)N2)cc1. The van der Waals surface area contributed by atoms with E-state index in [-0.39, 0.29) is 18.5 Å². The molecule has 10 rings (SSSR count). The van der Waals surface area contributed by atoms with Gasteiger partial charge in [0, 0.05) is 32.9 Å². The van der Waals surface area contributed by atoms with Crippen molar-refractivity contribution >= 4 is 43.6 Å². The largest absolute Gasteiger partial charge is 0.309 e. The maximum Gasteiger partial charge on any atom is 0.0865 e. The van der Waals surface area contributed by atoms with Crippen LogP contribution in [0.1, 0.15) is 35.2 Å². The van der Waals surface area contributed by atoms with Gasteiger partial charge in [-0.05, 0) is 65.2 Å². The second-order valence-electron chi connectivity index (χ2n) is 13.1. The molecule has 0 saturated carbocycles. The van der Waals surface area contributed by atoms with Crippen molar-refractivity contribution in [2.24, 2.45) is 0 Å². The Labute approximate surface area is 290 Å². The van der Waals surface area contributed by atoms with Crippen LogP contribution >= 0.6 is 0 Å². The number of nitrogens with one attached hydrogen (secondary N) is 3. The van der Waals surface area contributed by atoms with Gasteiger partial charge >= 0.3 is 0 Å². The number of hydrogen-bond acceptors (Lipinski definition) is 3. The average molecular weight is 646 g/mol. The Bertz CT molecular complexity index is 2590. The van der Waals surface area contributed by atoms with E-state index in [2.05, 4.69) is 201 Å². The molecule has 0 amide bonds. The molecule has 7 aromatic carbocycles. The second kappa shape index (κ2) is 11.9. The van der Waals surface area contributed by atoms with Crippen LogP contribution in [0.3, 0.4) is 0 Å². The molecule has 1 aliphatic rings. The lowest BCUT2D eigenvalue weighted by molar-refractivity contribution is 0.203. The smallest absolute Gasteiger partial charge is 0.0865 e. The minimum absolute atomic E-state index is 0.0299.